The van der Waals surface area contributed by atoms with Crippen LogP contribution in [-0.4, -0.2) is 107 Å². The summed E-state index contributed by atoms with van der Waals surface area (Å²) in [4.78, 5) is 101. The van der Waals surface area contributed by atoms with Crippen LogP contribution in [0.25, 0.3) is 0 Å². The Kier molecular flexibility index (Phi) is 18.0. The number of aliphatic carboxylic acids is 1. The summed E-state index contributed by atoms with van der Waals surface area (Å²) in [6, 6.07) is 22.1. The number of carboxylic acids is 1. The van der Waals surface area contributed by atoms with Crippen molar-refractivity contribution in [3.63, 3.8) is 0 Å². The van der Waals surface area contributed by atoms with Gasteiger partial charge in [0.1, 0.15) is 24.7 Å². The van der Waals surface area contributed by atoms with Crippen molar-refractivity contribution in [3.05, 3.63) is 155 Å². The number of carboxylic acid groups (broad SMARTS) is 1. The minimum atomic E-state index is -1.49. The topological polar surface area (TPSA) is 245 Å². The normalized spacial score (nSPS) is 23.2. The molecule has 4 fully saturated rings. The highest BCUT2D eigenvalue weighted by molar-refractivity contribution is 6.07. The lowest BCUT2D eigenvalue weighted by Gasteiger charge is -2.30. The summed E-state index contributed by atoms with van der Waals surface area (Å²) in [6.45, 7) is 6.40. The molecule has 10 rings (SSSR count). The van der Waals surface area contributed by atoms with E-state index in [4.69, 9.17) is 14.6 Å². The van der Waals surface area contributed by atoms with Gasteiger partial charge in [0.05, 0.1) is 12.1 Å². The van der Waals surface area contributed by atoms with Crippen LogP contribution in [0, 0.1) is 11.6 Å². The van der Waals surface area contributed by atoms with Crippen LogP contribution in [0.5, 0.6) is 0 Å². The number of carbonyl (C=O) groups is 8. The molecule has 19 nitrogen and oxygen atoms in total. The Labute approximate surface area is 445 Å². The number of hydrogen-bond donors (Lipinski definition) is 6. The smallest absolute Gasteiger partial charge is 0.418 e. The molecule has 0 saturated carbocycles. The van der Waals surface area contributed by atoms with Crippen LogP contribution in [0.3, 0.4) is 0 Å². The molecule has 21 heteroatoms. The first-order chi connectivity index (χ1) is 35.9. The monoisotopic (exact) mass is 1060 g/mol. The molecule has 4 aromatic carbocycles. The minimum Gasteiger partial charge on any atom is -0.480 e. The highest BCUT2D eigenvalue weighted by Crippen LogP contribution is 2.48. The molecule has 4 saturated heterocycles. The molecule has 0 aromatic heterocycles. The first-order valence-corrected chi connectivity index (χ1v) is 24.3. The van der Waals surface area contributed by atoms with Crippen molar-refractivity contribution in [2.24, 2.45) is 0 Å². The zero-order valence-electron chi connectivity index (χ0n) is 41.2. The molecule has 6 N–H and O–H groups in total. The standard InChI is InChI=1S/C27H27FN4O5.C15H15N3O6.C12H14FN.2CH4/c1-3-20-9-11-22(16-4-6-18(28)7-5-16)32(20)23(33)15-31-24(34)27(37-26(31)36)13-12-17-14-19(8-10-21(17)27)30-25(35)29-2;1-16-13(22)17-9-2-3-10-8(6-9)4-5-15(10)12(21)18(7-11(19)20)14(23)24-15;1-2-11-7-8-12(14-11)9-3-5-10(13)6-4-9;;/h3-8,10,14,20,22H,1,9,11-13,15H2,2H3,(H2,29,30,35);2-3,6H,4-5,7H2,1H3,(H,19,20)(H2,16,17,22);2-6,11-12,14H,1,7-8H2;2*1H4/t20-,22-,27+;15-;11-,12-;;/m010../s1. The Morgan fingerprint density at radius 2 is 1.16 bits per heavy atom. The quantitative estimate of drug-likeness (QED) is 0.0821. The third kappa shape index (κ3) is 11.7. The number of amides is 9. The number of anilines is 2. The summed E-state index contributed by atoms with van der Waals surface area (Å²) in [5, 5.41) is 22.5. The molecule has 4 aliphatic heterocycles. The Morgan fingerprint density at radius 1 is 0.675 bits per heavy atom. The first-order valence-electron chi connectivity index (χ1n) is 24.3. The van der Waals surface area contributed by atoms with Gasteiger partial charge in [0.2, 0.25) is 17.1 Å². The first kappa shape index (κ1) is 57.8. The molecule has 4 heterocycles. The number of aryl methyl sites for hydroxylation is 2. The number of fused-ring (bicyclic) bond motifs is 4. The maximum absolute atomic E-state index is 13.6. The summed E-state index contributed by atoms with van der Waals surface area (Å²) >= 11 is 0. The lowest BCUT2D eigenvalue weighted by molar-refractivity contribution is -0.144. The van der Waals surface area contributed by atoms with Crippen LogP contribution in [-0.2, 0) is 52.7 Å². The van der Waals surface area contributed by atoms with Crippen LogP contribution in [0.4, 0.5) is 39.3 Å². The van der Waals surface area contributed by atoms with E-state index in [0.29, 0.717) is 65.2 Å². The van der Waals surface area contributed by atoms with E-state index < -0.39 is 60.2 Å². The van der Waals surface area contributed by atoms with Crippen molar-refractivity contribution in [3.8, 4) is 0 Å². The number of nitrogens with zero attached hydrogens (tertiary/aromatic N) is 3. The van der Waals surface area contributed by atoms with Gasteiger partial charge < -0.3 is 46.1 Å². The molecule has 77 heavy (non-hydrogen) atoms. The number of ether oxygens (including phenoxy) is 2. The van der Waals surface area contributed by atoms with Crippen LogP contribution in [0.15, 0.2) is 110 Å². The van der Waals surface area contributed by atoms with E-state index in [1.54, 1.807) is 59.5 Å². The molecule has 0 radical (unpaired) electrons. The van der Waals surface area contributed by atoms with E-state index in [0.717, 1.165) is 40.0 Å². The molecule has 408 valence electrons. The van der Waals surface area contributed by atoms with Crippen LogP contribution >= 0.6 is 0 Å². The highest BCUT2D eigenvalue weighted by atomic mass is 19.1. The molecular weight excluding hydrogens is 999 g/mol. The van der Waals surface area contributed by atoms with E-state index in [-0.39, 0.29) is 63.5 Å². The SMILES string of the molecule is C.C.C=C[C@H]1CC[C@@H](c2ccc(F)cc2)N1.C=C[C@H]1CC[C@@H](c2ccc(F)cc2)N1C(=O)CN1C(=O)O[C@@]2(CCc3cc(NC(=O)NC)ccc32)C1=O.CNC(=O)Nc1ccc2c(c1)CC[C@@]21OC(=O)N(CC(=O)O)C1=O. The summed E-state index contributed by atoms with van der Waals surface area (Å²) in [7, 11) is 3.00. The third-order valence-electron chi connectivity index (χ3n) is 14.3. The molecule has 2 aliphatic carbocycles. The number of likely N-dealkylation sites (tertiary alicyclic amines) is 1. The molecule has 0 unspecified atom stereocenters. The predicted molar refractivity (Wildman–Crippen MR) is 281 cm³/mol. The second-order valence-electron chi connectivity index (χ2n) is 18.7. The molecule has 0 bridgehead atoms. The lowest BCUT2D eigenvalue weighted by Crippen LogP contribution is -2.46. The van der Waals surface area contributed by atoms with Gasteiger partial charge in [0.25, 0.3) is 11.8 Å². The predicted octanol–water partition coefficient (Wildman–Crippen LogP) is 8.34. The van der Waals surface area contributed by atoms with Gasteiger partial charge in [-0.05, 0) is 109 Å². The van der Waals surface area contributed by atoms with Gasteiger partial charge in [-0.1, -0.05) is 63.4 Å². The molecule has 4 aromatic rings. The molecule has 9 amide bonds. The van der Waals surface area contributed by atoms with E-state index in [2.05, 4.69) is 39.7 Å². The van der Waals surface area contributed by atoms with Crippen molar-refractivity contribution < 1.29 is 61.7 Å². The maximum Gasteiger partial charge on any atom is 0.418 e. The summed E-state index contributed by atoms with van der Waals surface area (Å²) in [5.41, 5.74) is 2.71. The Morgan fingerprint density at radius 3 is 1.60 bits per heavy atom. The average Bonchev–Trinajstić information content (AvgIpc) is 4.41. The van der Waals surface area contributed by atoms with Gasteiger partial charge in [0, 0.05) is 61.5 Å². The second kappa shape index (κ2) is 24.0. The van der Waals surface area contributed by atoms with Gasteiger partial charge in [-0.15, -0.1) is 13.2 Å². The second-order valence-corrected chi connectivity index (χ2v) is 18.7. The van der Waals surface area contributed by atoms with Crippen molar-refractivity contribution in [1.82, 2.24) is 30.7 Å². The van der Waals surface area contributed by atoms with Crippen LogP contribution < -0.4 is 26.6 Å². The van der Waals surface area contributed by atoms with Crippen LogP contribution in [0.1, 0.15) is 98.8 Å². The van der Waals surface area contributed by atoms with E-state index in [9.17, 15) is 47.1 Å². The third-order valence-corrected chi connectivity index (χ3v) is 14.3. The van der Waals surface area contributed by atoms with Gasteiger partial charge >= 0.3 is 30.2 Å². The zero-order valence-corrected chi connectivity index (χ0v) is 41.2. The van der Waals surface area contributed by atoms with Gasteiger partial charge in [-0.2, -0.15) is 0 Å². The molecular formula is C56H64F2N8O11. The summed E-state index contributed by atoms with van der Waals surface area (Å²) in [6.07, 6.45) is 6.74. The van der Waals surface area contributed by atoms with Crippen molar-refractivity contribution in [2.75, 3.05) is 37.8 Å². The van der Waals surface area contributed by atoms with Crippen molar-refractivity contribution in [2.45, 2.75) is 102 Å². The van der Waals surface area contributed by atoms with Crippen molar-refractivity contribution >= 4 is 59.3 Å². The van der Waals surface area contributed by atoms with E-state index in [1.165, 1.54) is 38.4 Å². The summed E-state index contributed by atoms with van der Waals surface area (Å²) in [5.74, 6) is -3.50. The maximum atomic E-state index is 13.6. The fourth-order valence-electron chi connectivity index (χ4n) is 10.6. The number of carbonyl (C=O) groups excluding carboxylic acids is 7. The highest BCUT2D eigenvalue weighted by Gasteiger charge is 2.60. The largest absolute Gasteiger partial charge is 0.480 e. The zero-order chi connectivity index (χ0) is 53.8. The number of urea groups is 2. The number of nitrogens with one attached hydrogen (secondary N) is 5. The number of halogens is 2. The van der Waals surface area contributed by atoms with Gasteiger partial charge in [-0.25, -0.2) is 37.8 Å². The lowest BCUT2D eigenvalue weighted by atomic mass is 9.94. The fraction of sp³-hybridized carbons (Fsp3) is 0.357. The minimum absolute atomic E-state index is 0. The van der Waals surface area contributed by atoms with Crippen molar-refractivity contribution in [1.29, 1.82) is 0 Å². The number of rotatable bonds is 10. The van der Waals surface area contributed by atoms with Gasteiger partial charge in [0.15, 0.2) is 0 Å². The number of benzene rings is 4. The summed E-state index contributed by atoms with van der Waals surface area (Å²) < 4.78 is 37.1. The average molecular weight is 1060 g/mol. The van der Waals surface area contributed by atoms with E-state index >= 15 is 0 Å². The van der Waals surface area contributed by atoms with Gasteiger partial charge in [-0.3, -0.25) is 19.2 Å². The van der Waals surface area contributed by atoms with Crippen LogP contribution in [0.2, 0.25) is 0 Å². The Hall–Kier alpha value is -8.46. The van der Waals surface area contributed by atoms with E-state index in [1.807, 2.05) is 18.2 Å². The number of imide groups is 2. The Bertz CT molecular complexity index is 2960. The molecule has 6 aliphatic rings. The molecule has 6 atom stereocenters. The number of hydrogen-bond acceptors (Lipinski definition) is 11. The fourth-order valence-corrected chi connectivity index (χ4v) is 10.6. The Balaban J connectivity index is 0.000000205. The molecule has 2 spiro atoms.